The number of nitrogens with zero attached hydrogens (tertiary/aromatic N) is 1. The molecule has 1 heterocycles. The Morgan fingerprint density at radius 2 is 2.00 bits per heavy atom. The van der Waals surface area contributed by atoms with Gasteiger partial charge in [-0.3, -0.25) is 0 Å². The molecule has 24 heavy (non-hydrogen) atoms. The zero-order valence-corrected chi connectivity index (χ0v) is 13.3. The molecule has 2 amide bonds. The van der Waals surface area contributed by atoms with Crippen LogP contribution in [0.2, 0.25) is 0 Å². The number of hydrogen-bond acceptors (Lipinski definition) is 3. The third kappa shape index (κ3) is 5.38. The molecule has 0 radical (unpaired) electrons. The van der Waals surface area contributed by atoms with Crippen molar-refractivity contribution in [2.45, 2.75) is 19.3 Å². The van der Waals surface area contributed by atoms with Crippen LogP contribution in [0, 0.1) is 23.4 Å². The zero-order chi connectivity index (χ0) is 17.5. The summed E-state index contributed by atoms with van der Waals surface area (Å²) in [4.78, 5) is 13.9. The van der Waals surface area contributed by atoms with Crippen LogP contribution in [0.25, 0.3) is 0 Å². The Morgan fingerprint density at radius 1 is 1.25 bits per heavy atom. The molecule has 134 valence electrons. The van der Waals surface area contributed by atoms with Crippen LogP contribution in [0.4, 0.5) is 23.7 Å². The Bertz CT molecular complexity index is 572. The Labute approximate surface area is 138 Å². The van der Waals surface area contributed by atoms with E-state index in [1.54, 1.807) is 0 Å². The molecule has 1 atom stereocenters. The van der Waals surface area contributed by atoms with Crippen molar-refractivity contribution in [3.05, 3.63) is 29.6 Å². The van der Waals surface area contributed by atoms with E-state index >= 15 is 0 Å². The van der Waals surface area contributed by atoms with E-state index in [1.807, 2.05) is 0 Å². The zero-order valence-electron chi connectivity index (χ0n) is 13.3. The summed E-state index contributed by atoms with van der Waals surface area (Å²) in [7, 11) is 0. The van der Waals surface area contributed by atoms with E-state index in [1.165, 1.54) is 0 Å². The van der Waals surface area contributed by atoms with Gasteiger partial charge in [0.2, 0.25) is 0 Å². The first-order valence-corrected chi connectivity index (χ1v) is 8.02. The van der Waals surface area contributed by atoms with Crippen LogP contribution in [0.3, 0.4) is 0 Å². The lowest BCUT2D eigenvalue weighted by molar-refractivity contribution is 0.120. The average Bonchev–Trinajstić information content (AvgIpc) is 2.57. The normalized spacial score (nSPS) is 18.4. The Balaban J connectivity index is 1.69. The van der Waals surface area contributed by atoms with E-state index in [4.69, 9.17) is 0 Å². The number of piperidine rings is 1. The average molecular weight is 345 g/mol. The maximum absolute atomic E-state index is 13.4. The van der Waals surface area contributed by atoms with Crippen LogP contribution in [-0.2, 0) is 0 Å². The van der Waals surface area contributed by atoms with E-state index in [9.17, 15) is 23.1 Å². The van der Waals surface area contributed by atoms with Gasteiger partial charge in [0.15, 0.2) is 11.6 Å². The molecule has 2 rings (SSSR count). The van der Waals surface area contributed by atoms with Gasteiger partial charge in [-0.2, -0.15) is 0 Å². The maximum atomic E-state index is 13.4. The van der Waals surface area contributed by atoms with Gasteiger partial charge in [-0.15, -0.1) is 0 Å². The Kier molecular flexibility index (Phi) is 6.86. The number of nitrogens with one attached hydrogen (secondary N) is 2. The lowest BCUT2D eigenvalue weighted by atomic mass is 9.99. The summed E-state index contributed by atoms with van der Waals surface area (Å²) in [5, 5.41) is 13.9. The molecular weight excluding hydrogens is 323 g/mol. The van der Waals surface area contributed by atoms with Crippen molar-refractivity contribution < 1.29 is 23.1 Å². The van der Waals surface area contributed by atoms with Gasteiger partial charge >= 0.3 is 6.03 Å². The minimum absolute atomic E-state index is 0.191. The molecule has 0 unspecified atom stereocenters. The number of carbonyl (C=O) groups excluding carboxylic acids is 1. The maximum Gasteiger partial charge on any atom is 0.319 e. The summed E-state index contributed by atoms with van der Waals surface area (Å²) >= 11 is 0. The van der Waals surface area contributed by atoms with Crippen molar-refractivity contribution in [3.63, 3.8) is 0 Å². The molecule has 0 spiro atoms. The molecule has 8 heteroatoms. The highest BCUT2D eigenvalue weighted by atomic mass is 19.2. The van der Waals surface area contributed by atoms with Crippen LogP contribution in [-0.4, -0.2) is 48.8 Å². The molecule has 1 fully saturated rings. The minimum atomic E-state index is -1.30. The second-order valence-corrected chi connectivity index (χ2v) is 5.97. The van der Waals surface area contributed by atoms with Gasteiger partial charge in [-0.1, -0.05) is 0 Å². The minimum Gasteiger partial charge on any atom is -0.396 e. The molecule has 0 saturated carbocycles. The molecule has 0 aromatic heterocycles. The monoisotopic (exact) mass is 345 g/mol. The summed E-state index contributed by atoms with van der Waals surface area (Å²) in [6.45, 7) is 3.18. The number of aliphatic hydroxyl groups excluding tert-OH is 1. The molecule has 0 aliphatic carbocycles. The van der Waals surface area contributed by atoms with Gasteiger partial charge in [0.1, 0.15) is 5.82 Å². The SMILES string of the molecule is O=C(NCCCN1CCC[C@@H](CO)C1)Nc1cc(F)c(F)cc1F. The third-order valence-corrected chi connectivity index (χ3v) is 4.06. The van der Waals surface area contributed by atoms with Crippen LogP contribution in [0.15, 0.2) is 12.1 Å². The van der Waals surface area contributed by atoms with Crippen molar-refractivity contribution >= 4 is 11.7 Å². The van der Waals surface area contributed by atoms with Crippen molar-refractivity contribution in [3.8, 4) is 0 Å². The predicted octanol–water partition coefficient (Wildman–Crippen LogP) is 2.32. The second-order valence-electron chi connectivity index (χ2n) is 5.97. The number of carbonyl (C=O) groups is 1. The van der Waals surface area contributed by atoms with Crippen molar-refractivity contribution in [1.82, 2.24) is 10.2 Å². The highest BCUT2D eigenvalue weighted by molar-refractivity contribution is 5.89. The van der Waals surface area contributed by atoms with E-state index in [-0.39, 0.29) is 6.61 Å². The van der Waals surface area contributed by atoms with Gasteiger partial charge in [0.25, 0.3) is 0 Å². The number of urea groups is 1. The molecule has 1 saturated heterocycles. The quantitative estimate of drug-likeness (QED) is 0.548. The number of anilines is 1. The molecule has 3 N–H and O–H groups in total. The van der Waals surface area contributed by atoms with Crippen molar-refractivity contribution in [2.24, 2.45) is 5.92 Å². The van der Waals surface area contributed by atoms with Crippen molar-refractivity contribution in [2.75, 3.05) is 38.1 Å². The first-order chi connectivity index (χ1) is 11.5. The van der Waals surface area contributed by atoms with Crippen LogP contribution >= 0.6 is 0 Å². The fourth-order valence-corrected chi connectivity index (χ4v) is 2.79. The number of benzene rings is 1. The van der Waals surface area contributed by atoms with E-state index in [0.29, 0.717) is 31.0 Å². The number of halogens is 3. The summed E-state index contributed by atoms with van der Waals surface area (Å²) in [5.74, 6) is -3.25. The fourth-order valence-electron chi connectivity index (χ4n) is 2.79. The number of amides is 2. The Morgan fingerprint density at radius 3 is 2.75 bits per heavy atom. The smallest absolute Gasteiger partial charge is 0.319 e. The highest BCUT2D eigenvalue weighted by Crippen LogP contribution is 2.18. The summed E-state index contributed by atoms with van der Waals surface area (Å²) < 4.78 is 39.3. The van der Waals surface area contributed by atoms with E-state index in [0.717, 1.165) is 32.5 Å². The lowest BCUT2D eigenvalue weighted by Crippen LogP contribution is -2.39. The first-order valence-electron chi connectivity index (χ1n) is 8.02. The molecule has 0 bridgehead atoms. The van der Waals surface area contributed by atoms with Gasteiger partial charge in [-0.05, 0) is 38.3 Å². The molecule has 5 nitrogen and oxygen atoms in total. The molecule has 1 aromatic rings. The van der Waals surface area contributed by atoms with Crippen molar-refractivity contribution in [1.29, 1.82) is 0 Å². The molecule has 1 aromatic carbocycles. The lowest BCUT2D eigenvalue weighted by Gasteiger charge is -2.31. The van der Waals surface area contributed by atoms with Gasteiger partial charge < -0.3 is 20.6 Å². The molecular formula is C16H22F3N3O2. The highest BCUT2D eigenvalue weighted by Gasteiger charge is 2.18. The largest absolute Gasteiger partial charge is 0.396 e. The number of rotatable bonds is 6. The Hall–Kier alpha value is -1.80. The van der Waals surface area contributed by atoms with Crippen LogP contribution in [0.1, 0.15) is 19.3 Å². The van der Waals surface area contributed by atoms with Crippen LogP contribution in [0.5, 0.6) is 0 Å². The molecule has 1 aliphatic heterocycles. The molecule has 1 aliphatic rings. The topological polar surface area (TPSA) is 64.6 Å². The van der Waals surface area contributed by atoms with Gasteiger partial charge in [0, 0.05) is 31.8 Å². The van der Waals surface area contributed by atoms with Crippen LogP contribution < -0.4 is 10.6 Å². The predicted molar refractivity (Wildman–Crippen MR) is 84.2 cm³/mol. The van der Waals surface area contributed by atoms with E-state index in [2.05, 4.69) is 15.5 Å². The number of likely N-dealkylation sites (tertiary alicyclic amines) is 1. The number of hydrogen-bond donors (Lipinski definition) is 3. The number of aliphatic hydroxyl groups is 1. The standard InChI is InChI=1S/C16H22F3N3O2/c17-12-7-14(19)15(8-13(12)18)21-16(24)20-4-2-6-22-5-1-3-11(9-22)10-23/h7-8,11,23H,1-6,9-10H2,(H2,20,21,24)/t11-/m1/s1. The summed E-state index contributed by atoms with van der Waals surface area (Å²) in [6, 6.07) is 0.318. The fraction of sp³-hybridized carbons (Fsp3) is 0.562. The third-order valence-electron chi connectivity index (χ3n) is 4.06. The first kappa shape index (κ1) is 18.5. The van der Waals surface area contributed by atoms with E-state index < -0.39 is 29.2 Å². The van der Waals surface area contributed by atoms with Gasteiger partial charge in [-0.25, -0.2) is 18.0 Å². The summed E-state index contributed by atoms with van der Waals surface area (Å²) in [6.07, 6.45) is 2.79. The second kappa shape index (κ2) is 8.89. The summed E-state index contributed by atoms with van der Waals surface area (Å²) in [5.41, 5.74) is -0.409. The van der Waals surface area contributed by atoms with Gasteiger partial charge in [0.05, 0.1) is 5.69 Å².